The summed E-state index contributed by atoms with van der Waals surface area (Å²) >= 11 is 0. The highest BCUT2D eigenvalue weighted by Crippen LogP contribution is 2.29. The Morgan fingerprint density at radius 2 is 2.28 bits per heavy atom. The fraction of sp³-hybridized carbons (Fsp3) is 0.300. The molecule has 0 spiro atoms. The predicted molar refractivity (Wildman–Crippen MR) is 58.8 cm³/mol. The summed E-state index contributed by atoms with van der Waals surface area (Å²) in [4.78, 5) is 20.3. The van der Waals surface area contributed by atoms with Gasteiger partial charge in [0.1, 0.15) is 6.04 Å². The van der Waals surface area contributed by atoms with E-state index in [4.69, 9.17) is 15.6 Å². The molecule has 0 saturated carbocycles. The van der Waals surface area contributed by atoms with Crippen molar-refractivity contribution in [3.63, 3.8) is 0 Å². The minimum absolute atomic E-state index is 0.0825. The van der Waals surface area contributed by atoms with Crippen LogP contribution in [0, 0.1) is 15.9 Å². The second-order valence-corrected chi connectivity index (χ2v) is 3.43. The first-order valence-corrected chi connectivity index (χ1v) is 4.97. The molecule has 1 rings (SSSR count). The van der Waals surface area contributed by atoms with Gasteiger partial charge >= 0.3 is 11.7 Å². The summed E-state index contributed by atoms with van der Waals surface area (Å²) in [5.74, 6) is -2.62. The fourth-order valence-electron chi connectivity index (χ4n) is 1.20. The Labute approximate surface area is 101 Å². The third kappa shape index (κ3) is 3.39. The first kappa shape index (κ1) is 13.8. The van der Waals surface area contributed by atoms with Crippen LogP contribution in [0.25, 0.3) is 0 Å². The summed E-state index contributed by atoms with van der Waals surface area (Å²) in [5, 5.41) is 19.1. The van der Waals surface area contributed by atoms with Crippen molar-refractivity contribution >= 4 is 11.7 Å². The Balaban J connectivity index is 2.72. The summed E-state index contributed by atoms with van der Waals surface area (Å²) in [5.41, 5.74) is 4.69. The third-order valence-electron chi connectivity index (χ3n) is 2.14. The second-order valence-electron chi connectivity index (χ2n) is 3.43. The van der Waals surface area contributed by atoms with Gasteiger partial charge in [0.05, 0.1) is 11.5 Å². The molecule has 0 amide bonds. The SMILES string of the molecule is NC(CCOc1c(F)cccc1[N+](=O)[O-])C(=O)O. The van der Waals surface area contributed by atoms with E-state index in [2.05, 4.69) is 0 Å². The van der Waals surface area contributed by atoms with Crippen LogP contribution in [0.3, 0.4) is 0 Å². The predicted octanol–water partition coefficient (Wildman–Crippen LogP) is 0.915. The average Bonchev–Trinajstić information content (AvgIpc) is 2.30. The van der Waals surface area contributed by atoms with Crippen LogP contribution in [0.4, 0.5) is 10.1 Å². The lowest BCUT2D eigenvalue weighted by atomic mass is 10.2. The van der Waals surface area contributed by atoms with Gasteiger partial charge in [0.25, 0.3) is 0 Å². The minimum atomic E-state index is -1.22. The van der Waals surface area contributed by atoms with E-state index < -0.39 is 34.2 Å². The lowest BCUT2D eigenvalue weighted by Gasteiger charge is -2.09. The van der Waals surface area contributed by atoms with E-state index >= 15 is 0 Å². The van der Waals surface area contributed by atoms with Crippen molar-refractivity contribution in [2.75, 3.05) is 6.61 Å². The highest BCUT2D eigenvalue weighted by Gasteiger charge is 2.20. The number of nitro groups is 1. The number of nitrogens with zero attached hydrogens (tertiary/aromatic N) is 1. The maximum absolute atomic E-state index is 13.3. The van der Waals surface area contributed by atoms with Crippen LogP contribution in [-0.2, 0) is 4.79 Å². The van der Waals surface area contributed by atoms with Crippen molar-refractivity contribution in [1.29, 1.82) is 0 Å². The highest BCUT2D eigenvalue weighted by molar-refractivity contribution is 5.72. The molecular weight excluding hydrogens is 247 g/mol. The monoisotopic (exact) mass is 258 g/mol. The van der Waals surface area contributed by atoms with E-state index in [0.29, 0.717) is 0 Å². The molecule has 0 saturated heterocycles. The summed E-state index contributed by atoms with van der Waals surface area (Å²) < 4.78 is 18.2. The van der Waals surface area contributed by atoms with Crippen molar-refractivity contribution in [3.05, 3.63) is 34.1 Å². The molecule has 0 fully saturated rings. The van der Waals surface area contributed by atoms with Crippen molar-refractivity contribution in [2.24, 2.45) is 5.73 Å². The van der Waals surface area contributed by atoms with Crippen molar-refractivity contribution in [3.8, 4) is 5.75 Å². The lowest BCUT2D eigenvalue weighted by molar-refractivity contribution is -0.386. The third-order valence-corrected chi connectivity index (χ3v) is 2.14. The molecule has 7 nitrogen and oxygen atoms in total. The largest absolute Gasteiger partial charge is 0.485 e. The zero-order valence-corrected chi connectivity index (χ0v) is 9.21. The van der Waals surface area contributed by atoms with Gasteiger partial charge in [0.2, 0.25) is 5.75 Å². The molecule has 0 aliphatic heterocycles. The molecule has 0 aromatic heterocycles. The number of hydrogen-bond donors (Lipinski definition) is 2. The van der Waals surface area contributed by atoms with Crippen LogP contribution >= 0.6 is 0 Å². The normalized spacial score (nSPS) is 11.9. The number of carboxylic acid groups (broad SMARTS) is 1. The Morgan fingerprint density at radius 1 is 1.61 bits per heavy atom. The van der Waals surface area contributed by atoms with Crippen LogP contribution in [0.1, 0.15) is 6.42 Å². The summed E-state index contributed by atoms with van der Waals surface area (Å²) in [6.07, 6.45) is -0.0825. The van der Waals surface area contributed by atoms with E-state index in [1.807, 2.05) is 0 Å². The second kappa shape index (κ2) is 5.92. The molecule has 0 heterocycles. The maximum Gasteiger partial charge on any atom is 0.320 e. The van der Waals surface area contributed by atoms with Crippen LogP contribution in [0.2, 0.25) is 0 Å². The van der Waals surface area contributed by atoms with E-state index in [1.165, 1.54) is 6.07 Å². The topological polar surface area (TPSA) is 116 Å². The molecule has 8 heteroatoms. The molecule has 0 aliphatic rings. The molecule has 1 atom stereocenters. The van der Waals surface area contributed by atoms with E-state index in [9.17, 15) is 19.3 Å². The number of ether oxygens (including phenoxy) is 1. The molecular formula is C10H11FN2O5. The molecule has 1 unspecified atom stereocenters. The number of para-hydroxylation sites is 1. The maximum atomic E-state index is 13.3. The zero-order valence-electron chi connectivity index (χ0n) is 9.21. The Hall–Kier alpha value is -2.22. The zero-order chi connectivity index (χ0) is 13.7. The molecule has 3 N–H and O–H groups in total. The van der Waals surface area contributed by atoms with E-state index in [1.54, 1.807) is 0 Å². The van der Waals surface area contributed by atoms with Gasteiger partial charge in [0.15, 0.2) is 5.82 Å². The number of rotatable bonds is 6. The summed E-state index contributed by atoms with van der Waals surface area (Å²) in [7, 11) is 0. The standard InChI is InChI=1S/C10H11FN2O5/c11-6-2-1-3-8(13(16)17)9(6)18-5-4-7(12)10(14)15/h1-3,7H,4-5,12H2,(H,14,15). The van der Waals surface area contributed by atoms with Gasteiger partial charge in [-0.15, -0.1) is 0 Å². The molecule has 98 valence electrons. The van der Waals surface area contributed by atoms with Gasteiger partial charge in [-0.1, -0.05) is 6.07 Å². The van der Waals surface area contributed by atoms with Crippen molar-refractivity contribution in [2.45, 2.75) is 12.5 Å². The van der Waals surface area contributed by atoms with Gasteiger partial charge in [0, 0.05) is 12.5 Å². The first-order valence-electron chi connectivity index (χ1n) is 4.97. The Bertz CT molecular complexity index is 466. The molecule has 1 aromatic rings. The fourth-order valence-corrected chi connectivity index (χ4v) is 1.20. The minimum Gasteiger partial charge on any atom is -0.485 e. The van der Waals surface area contributed by atoms with Gasteiger partial charge < -0.3 is 15.6 Å². The average molecular weight is 258 g/mol. The van der Waals surface area contributed by atoms with Gasteiger partial charge in [-0.25, -0.2) is 4.39 Å². The molecule has 0 aliphatic carbocycles. The number of carbonyl (C=O) groups is 1. The quantitative estimate of drug-likeness (QED) is 0.578. The van der Waals surface area contributed by atoms with Crippen molar-refractivity contribution < 1.29 is 24.0 Å². The van der Waals surface area contributed by atoms with Crippen LogP contribution in [0.5, 0.6) is 5.75 Å². The molecule has 18 heavy (non-hydrogen) atoms. The summed E-state index contributed by atoms with van der Waals surface area (Å²) in [6.45, 7) is -0.227. The van der Waals surface area contributed by atoms with Crippen LogP contribution in [0.15, 0.2) is 18.2 Å². The van der Waals surface area contributed by atoms with E-state index in [0.717, 1.165) is 12.1 Å². The van der Waals surface area contributed by atoms with Crippen LogP contribution < -0.4 is 10.5 Å². The van der Waals surface area contributed by atoms with Gasteiger partial charge in [-0.05, 0) is 6.07 Å². The number of benzene rings is 1. The number of hydrogen-bond acceptors (Lipinski definition) is 5. The first-order chi connectivity index (χ1) is 8.43. The number of nitro benzene ring substituents is 1. The van der Waals surface area contributed by atoms with E-state index in [-0.39, 0.29) is 13.0 Å². The number of carboxylic acids is 1. The smallest absolute Gasteiger partial charge is 0.320 e. The van der Waals surface area contributed by atoms with Gasteiger partial charge in [-0.2, -0.15) is 0 Å². The number of halogens is 1. The Kier molecular flexibility index (Phi) is 4.55. The highest BCUT2D eigenvalue weighted by atomic mass is 19.1. The molecule has 1 aromatic carbocycles. The number of nitrogens with two attached hydrogens (primary N) is 1. The molecule has 0 bridgehead atoms. The van der Waals surface area contributed by atoms with Crippen molar-refractivity contribution in [1.82, 2.24) is 0 Å². The lowest BCUT2D eigenvalue weighted by Crippen LogP contribution is -2.31. The Morgan fingerprint density at radius 3 is 2.83 bits per heavy atom. The summed E-state index contributed by atoms with van der Waals surface area (Å²) in [6, 6.07) is 2.13. The molecule has 0 radical (unpaired) electrons. The number of aliphatic carboxylic acids is 1. The van der Waals surface area contributed by atoms with Crippen LogP contribution in [-0.4, -0.2) is 28.6 Å². The van der Waals surface area contributed by atoms with Gasteiger partial charge in [-0.3, -0.25) is 14.9 Å².